The number of benzene rings is 1. The second-order valence-electron chi connectivity index (χ2n) is 8.11. The van der Waals surface area contributed by atoms with Crippen molar-refractivity contribution in [3.05, 3.63) is 46.3 Å². The van der Waals surface area contributed by atoms with Crippen molar-refractivity contribution in [2.45, 2.75) is 68.3 Å². The third kappa shape index (κ3) is 3.99. The van der Waals surface area contributed by atoms with E-state index in [-0.39, 0.29) is 5.60 Å². The fraction of sp³-hybridized carbons (Fsp3) is 0.435. The molecule has 0 aliphatic carbocycles. The first-order chi connectivity index (χ1) is 15.1. The number of hydrogen-bond acceptors (Lipinski definition) is 7. The van der Waals surface area contributed by atoms with Crippen LogP contribution < -0.4 is 0 Å². The Labute approximate surface area is 195 Å². The van der Waals surface area contributed by atoms with E-state index in [0.29, 0.717) is 6.61 Å². The number of aromatic nitrogens is 4. The van der Waals surface area contributed by atoms with Gasteiger partial charge in [-0.05, 0) is 30.9 Å². The van der Waals surface area contributed by atoms with Gasteiger partial charge in [0.1, 0.15) is 4.83 Å². The van der Waals surface area contributed by atoms with Crippen LogP contribution in [-0.4, -0.2) is 30.9 Å². The van der Waals surface area contributed by atoms with Gasteiger partial charge < -0.3 is 4.74 Å². The van der Waals surface area contributed by atoms with Gasteiger partial charge in [0.05, 0.1) is 17.6 Å². The van der Waals surface area contributed by atoms with Crippen molar-refractivity contribution < 1.29 is 4.74 Å². The van der Waals surface area contributed by atoms with E-state index < -0.39 is 0 Å². The van der Waals surface area contributed by atoms with Gasteiger partial charge >= 0.3 is 0 Å². The number of thioether (sulfide) groups is 2. The Kier molecular flexibility index (Phi) is 5.98. The number of hydrogen-bond donors (Lipinski definition) is 0. The molecule has 0 radical (unpaired) electrons. The van der Waals surface area contributed by atoms with Gasteiger partial charge in [-0.1, -0.05) is 67.7 Å². The maximum absolute atomic E-state index is 6.20. The van der Waals surface area contributed by atoms with Gasteiger partial charge in [-0.25, -0.2) is 9.38 Å². The zero-order valence-electron chi connectivity index (χ0n) is 18.1. The average Bonchev–Trinajstić information content (AvgIpc) is 3.37. The molecule has 3 aromatic heterocycles. The molecule has 0 bridgehead atoms. The number of fused-ring (bicyclic) bond motifs is 5. The lowest BCUT2D eigenvalue weighted by Crippen LogP contribution is -2.33. The second kappa shape index (κ2) is 8.73. The van der Waals surface area contributed by atoms with Crippen molar-refractivity contribution in [2.24, 2.45) is 0 Å². The van der Waals surface area contributed by atoms with Crippen molar-refractivity contribution >= 4 is 50.7 Å². The summed E-state index contributed by atoms with van der Waals surface area (Å²) in [6, 6.07) is 10.5. The third-order valence-electron chi connectivity index (χ3n) is 5.81. The minimum Gasteiger partial charge on any atom is -0.369 e. The van der Waals surface area contributed by atoms with E-state index in [9.17, 15) is 0 Å². The largest absolute Gasteiger partial charge is 0.369 e. The van der Waals surface area contributed by atoms with Crippen LogP contribution in [0.3, 0.4) is 0 Å². The van der Waals surface area contributed by atoms with Crippen LogP contribution in [0.2, 0.25) is 0 Å². The zero-order valence-corrected chi connectivity index (χ0v) is 20.5. The number of rotatable bonds is 7. The van der Waals surface area contributed by atoms with Crippen molar-refractivity contribution in [1.82, 2.24) is 19.6 Å². The van der Waals surface area contributed by atoms with E-state index in [1.54, 1.807) is 34.9 Å². The molecule has 0 amide bonds. The summed E-state index contributed by atoms with van der Waals surface area (Å²) in [6.07, 6.45) is 2.99. The van der Waals surface area contributed by atoms with Crippen LogP contribution >= 0.6 is 34.9 Å². The summed E-state index contributed by atoms with van der Waals surface area (Å²) in [6.45, 7) is 7.27. The van der Waals surface area contributed by atoms with Gasteiger partial charge in [0.2, 0.25) is 0 Å². The van der Waals surface area contributed by atoms with Gasteiger partial charge in [0.15, 0.2) is 16.0 Å². The molecule has 1 atom stereocenters. The van der Waals surface area contributed by atoms with Crippen molar-refractivity contribution in [3.8, 4) is 0 Å². The molecule has 1 aliphatic heterocycles. The smallest absolute Gasteiger partial charge is 0.198 e. The number of ether oxygens (including phenoxy) is 1. The highest BCUT2D eigenvalue weighted by atomic mass is 32.2. The highest BCUT2D eigenvalue weighted by molar-refractivity contribution is 7.99. The highest BCUT2D eigenvalue weighted by Gasteiger charge is 2.33. The molecule has 1 aliphatic rings. The maximum Gasteiger partial charge on any atom is 0.198 e. The van der Waals surface area contributed by atoms with Crippen LogP contribution in [0.15, 0.2) is 40.6 Å². The summed E-state index contributed by atoms with van der Waals surface area (Å²) >= 11 is 5.27. The molecule has 0 fully saturated rings. The molecule has 8 heteroatoms. The topological polar surface area (TPSA) is 52.3 Å². The van der Waals surface area contributed by atoms with Crippen LogP contribution in [0.25, 0.3) is 15.9 Å². The predicted molar refractivity (Wildman–Crippen MR) is 130 cm³/mol. The molecule has 0 saturated heterocycles. The summed E-state index contributed by atoms with van der Waals surface area (Å²) in [5.41, 5.74) is 3.45. The Morgan fingerprint density at radius 1 is 1.13 bits per heavy atom. The van der Waals surface area contributed by atoms with E-state index in [1.165, 1.54) is 21.4 Å². The molecule has 4 aromatic rings. The summed E-state index contributed by atoms with van der Waals surface area (Å²) in [5, 5.41) is 12.4. The van der Waals surface area contributed by atoms with E-state index >= 15 is 0 Å². The molecule has 0 unspecified atom stereocenters. The van der Waals surface area contributed by atoms with Crippen molar-refractivity contribution in [1.29, 1.82) is 0 Å². The second-order valence-corrected chi connectivity index (χ2v) is 11.2. The molecule has 4 heterocycles. The predicted octanol–water partition coefficient (Wildman–Crippen LogP) is 6.37. The lowest BCUT2D eigenvalue weighted by Gasteiger charge is -2.33. The minimum atomic E-state index is -0.126. The molecule has 0 saturated carbocycles. The lowest BCUT2D eigenvalue weighted by molar-refractivity contribution is -0.0542. The van der Waals surface area contributed by atoms with E-state index in [4.69, 9.17) is 9.72 Å². The summed E-state index contributed by atoms with van der Waals surface area (Å²) in [5.74, 6) is 1.89. The van der Waals surface area contributed by atoms with Crippen LogP contribution in [0.5, 0.6) is 0 Å². The van der Waals surface area contributed by atoms with Gasteiger partial charge in [-0.3, -0.25) is 0 Å². The Bertz CT molecular complexity index is 1220. The molecule has 31 heavy (non-hydrogen) atoms. The van der Waals surface area contributed by atoms with Gasteiger partial charge in [-0.15, -0.1) is 21.5 Å². The SMILES string of the molecule is CCCSc1nc2sc3c(c2c2nnc(SCc4ccccc4)n12)C[C@](C)(CC)OC3. The fourth-order valence-electron chi connectivity index (χ4n) is 3.85. The molecular formula is C23H26N4OS3. The molecule has 5 nitrogen and oxygen atoms in total. The maximum atomic E-state index is 6.20. The van der Waals surface area contributed by atoms with E-state index in [1.807, 2.05) is 6.07 Å². The Balaban J connectivity index is 1.63. The van der Waals surface area contributed by atoms with Crippen LogP contribution in [0, 0.1) is 0 Å². The Hall–Kier alpha value is -1.61. The molecule has 5 rings (SSSR count). The molecule has 162 valence electrons. The Morgan fingerprint density at radius 2 is 1.97 bits per heavy atom. The standard InChI is InChI=1S/C23H26N4OS3/c1-4-11-29-21-24-20-18(16-12-23(3,5-2)28-13-17(16)31-20)19-25-26-22(27(19)21)30-14-15-9-7-6-8-10-15/h6-10H,4-5,11-14H2,1-3H3/t23-/m0/s1. The van der Waals surface area contributed by atoms with Crippen LogP contribution in [-0.2, 0) is 23.5 Å². The van der Waals surface area contributed by atoms with Crippen LogP contribution in [0.1, 0.15) is 49.6 Å². The third-order valence-corrected chi connectivity index (χ3v) is 9.06. The Morgan fingerprint density at radius 3 is 2.74 bits per heavy atom. The zero-order chi connectivity index (χ0) is 21.4. The molecule has 0 N–H and O–H groups in total. The van der Waals surface area contributed by atoms with E-state index in [0.717, 1.165) is 51.6 Å². The first-order valence-electron chi connectivity index (χ1n) is 10.7. The van der Waals surface area contributed by atoms with Crippen molar-refractivity contribution in [3.63, 3.8) is 0 Å². The lowest BCUT2D eigenvalue weighted by atomic mass is 9.90. The van der Waals surface area contributed by atoms with Crippen LogP contribution in [0.4, 0.5) is 0 Å². The minimum absolute atomic E-state index is 0.126. The van der Waals surface area contributed by atoms with Gasteiger partial charge in [-0.2, -0.15) is 0 Å². The first kappa shape index (κ1) is 21.2. The number of thiophene rings is 1. The van der Waals surface area contributed by atoms with Gasteiger partial charge in [0, 0.05) is 22.8 Å². The monoisotopic (exact) mass is 470 g/mol. The highest BCUT2D eigenvalue weighted by Crippen LogP contribution is 2.42. The number of nitrogens with zero attached hydrogens (tertiary/aromatic N) is 4. The molecule has 1 aromatic carbocycles. The normalized spacial score (nSPS) is 18.7. The summed E-state index contributed by atoms with van der Waals surface area (Å²) in [7, 11) is 0. The first-order valence-corrected chi connectivity index (χ1v) is 13.5. The van der Waals surface area contributed by atoms with E-state index in [2.05, 4.69) is 59.6 Å². The fourth-order valence-corrected chi connectivity index (χ4v) is 6.80. The summed E-state index contributed by atoms with van der Waals surface area (Å²) in [4.78, 5) is 7.45. The van der Waals surface area contributed by atoms with Gasteiger partial charge in [0.25, 0.3) is 0 Å². The van der Waals surface area contributed by atoms with Crippen molar-refractivity contribution in [2.75, 3.05) is 5.75 Å². The quantitative estimate of drug-likeness (QED) is 0.231. The summed E-state index contributed by atoms with van der Waals surface area (Å²) < 4.78 is 8.38. The molecule has 0 spiro atoms. The molecular weight excluding hydrogens is 444 g/mol. The average molecular weight is 471 g/mol.